The first kappa shape index (κ1) is 20.9. The maximum Gasteiger partial charge on any atom is 0.243 e. The summed E-state index contributed by atoms with van der Waals surface area (Å²) >= 11 is 0. The van der Waals surface area contributed by atoms with E-state index in [9.17, 15) is 9.59 Å². The first-order chi connectivity index (χ1) is 14.6. The number of ether oxygens (including phenoxy) is 1. The predicted molar refractivity (Wildman–Crippen MR) is 116 cm³/mol. The lowest BCUT2D eigenvalue weighted by atomic mass is 10.0. The van der Waals surface area contributed by atoms with Crippen LogP contribution in [0.3, 0.4) is 0 Å². The second-order valence-electron chi connectivity index (χ2n) is 8.63. The van der Waals surface area contributed by atoms with Gasteiger partial charge in [0.25, 0.3) is 0 Å². The van der Waals surface area contributed by atoms with E-state index >= 15 is 0 Å². The van der Waals surface area contributed by atoms with Crippen LogP contribution < -0.4 is 10.6 Å². The minimum absolute atomic E-state index is 0.0990. The molecule has 0 aliphatic carbocycles. The van der Waals surface area contributed by atoms with Crippen LogP contribution in [0.2, 0.25) is 0 Å². The number of aromatic nitrogens is 1. The highest BCUT2D eigenvalue weighted by molar-refractivity contribution is 5.89. The van der Waals surface area contributed by atoms with Gasteiger partial charge in [-0.3, -0.25) is 9.59 Å². The lowest BCUT2D eigenvalue weighted by molar-refractivity contribution is -0.128. The first-order valence-corrected chi connectivity index (χ1v) is 11.0. The van der Waals surface area contributed by atoms with Gasteiger partial charge in [-0.1, -0.05) is 18.2 Å². The number of nitrogens with zero attached hydrogens (tertiary/aromatic N) is 1. The van der Waals surface area contributed by atoms with Crippen molar-refractivity contribution in [1.82, 2.24) is 20.5 Å². The lowest BCUT2D eigenvalue weighted by Crippen LogP contribution is -2.52. The van der Waals surface area contributed by atoms with Gasteiger partial charge >= 0.3 is 0 Å². The van der Waals surface area contributed by atoms with Crippen LogP contribution in [-0.2, 0) is 20.7 Å². The Bertz CT molecular complexity index is 866. The third-order valence-corrected chi connectivity index (χ3v) is 6.27. The molecular weight excluding hydrogens is 380 g/mol. The van der Waals surface area contributed by atoms with Gasteiger partial charge in [-0.05, 0) is 36.8 Å². The Labute approximate surface area is 177 Å². The van der Waals surface area contributed by atoms with E-state index in [0.717, 1.165) is 68.6 Å². The number of carbonyl (C=O) groups is 2. The molecule has 7 nitrogen and oxygen atoms in total. The molecule has 1 aromatic carbocycles. The number of para-hydroxylation sites is 1. The van der Waals surface area contributed by atoms with Gasteiger partial charge < -0.3 is 25.3 Å². The molecule has 30 heavy (non-hydrogen) atoms. The van der Waals surface area contributed by atoms with Crippen molar-refractivity contribution in [1.29, 1.82) is 0 Å². The van der Waals surface area contributed by atoms with E-state index in [2.05, 4.69) is 20.5 Å². The summed E-state index contributed by atoms with van der Waals surface area (Å²) in [5.41, 5.74) is 2.07. The maximum absolute atomic E-state index is 13.0. The monoisotopic (exact) mass is 412 g/mol. The first-order valence-electron chi connectivity index (χ1n) is 11.0. The van der Waals surface area contributed by atoms with E-state index in [4.69, 9.17) is 4.74 Å². The molecule has 0 spiro atoms. The fraction of sp³-hybridized carbons (Fsp3) is 0.565. The molecule has 2 unspecified atom stereocenters. The van der Waals surface area contributed by atoms with Crippen molar-refractivity contribution >= 4 is 22.7 Å². The highest BCUT2D eigenvalue weighted by Gasteiger charge is 2.27. The average molecular weight is 413 g/mol. The number of H-pyrrole nitrogens is 1. The molecule has 2 aliphatic heterocycles. The number of carbonyl (C=O) groups excluding carboxylic acids is 2. The summed E-state index contributed by atoms with van der Waals surface area (Å²) in [5, 5.41) is 7.11. The number of likely N-dealkylation sites (tertiary alicyclic amines) is 1. The number of rotatable bonds is 7. The summed E-state index contributed by atoms with van der Waals surface area (Å²) in [7, 11) is 0. The number of aromatic amines is 1. The number of benzene rings is 1. The molecule has 0 bridgehead atoms. The van der Waals surface area contributed by atoms with Gasteiger partial charge in [0, 0.05) is 62.7 Å². The zero-order chi connectivity index (χ0) is 20.9. The van der Waals surface area contributed by atoms with E-state index < -0.39 is 6.04 Å². The summed E-state index contributed by atoms with van der Waals surface area (Å²) in [6.07, 6.45) is 5.44. The number of hydrogen-bond acceptors (Lipinski definition) is 4. The van der Waals surface area contributed by atoms with E-state index in [1.807, 2.05) is 30.5 Å². The van der Waals surface area contributed by atoms with Gasteiger partial charge in [-0.15, -0.1) is 0 Å². The van der Waals surface area contributed by atoms with Crippen molar-refractivity contribution in [2.45, 2.75) is 44.7 Å². The number of hydrogen-bond donors (Lipinski definition) is 3. The van der Waals surface area contributed by atoms with Gasteiger partial charge in [-0.2, -0.15) is 0 Å². The van der Waals surface area contributed by atoms with Crippen molar-refractivity contribution in [2.75, 3.05) is 32.8 Å². The van der Waals surface area contributed by atoms with E-state index in [1.165, 1.54) is 6.92 Å². The normalized spacial score (nSPS) is 21.6. The molecule has 1 aromatic heterocycles. The van der Waals surface area contributed by atoms with Crippen molar-refractivity contribution in [2.24, 2.45) is 5.92 Å². The summed E-state index contributed by atoms with van der Waals surface area (Å²) in [5.74, 6) is 0.359. The zero-order valence-corrected chi connectivity index (χ0v) is 17.7. The third-order valence-electron chi connectivity index (χ3n) is 6.27. The van der Waals surface area contributed by atoms with Crippen molar-refractivity contribution in [3.05, 3.63) is 36.0 Å². The topological polar surface area (TPSA) is 86.5 Å². The van der Waals surface area contributed by atoms with Crippen molar-refractivity contribution in [3.8, 4) is 0 Å². The predicted octanol–water partition coefficient (Wildman–Crippen LogP) is 1.83. The summed E-state index contributed by atoms with van der Waals surface area (Å²) in [6, 6.07) is 7.60. The maximum atomic E-state index is 13.0. The SMILES string of the molecule is CC(=O)NC(Cc1c[nH]c2ccccc12)C(=O)NC1CCN(CC2CCOC2)CC1. The van der Waals surface area contributed by atoms with Crippen molar-refractivity contribution < 1.29 is 14.3 Å². The van der Waals surface area contributed by atoms with Crippen molar-refractivity contribution in [3.63, 3.8) is 0 Å². The lowest BCUT2D eigenvalue weighted by Gasteiger charge is -2.34. The molecule has 0 radical (unpaired) electrons. The molecule has 2 amide bonds. The standard InChI is InChI=1S/C23H32N4O3/c1-16(28)25-22(12-18-13-24-21-5-3-2-4-20(18)21)23(29)26-19-6-9-27(10-7-19)14-17-8-11-30-15-17/h2-5,13,17,19,22,24H,6-12,14-15H2,1H3,(H,25,28)(H,26,29). The zero-order valence-electron chi connectivity index (χ0n) is 17.7. The van der Waals surface area contributed by atoms with Gasteiger partial charge in [0.05, 0.1) is 6.61 Å². The van der Waals surface area contributed by atoms with Gasteiger partial charge in [0.1, 0.15) is 6.04 Å². The van der Waals surface area contributed by atoms with Gasteiger partial charge in [-0.25, -0.2) is 0 Å². The molecule has 7 heteroatoms. The molecule has 2 aromatic rings. The van der Waals surface area contributed by atoms with Gasteiger partial charge in [0.2, 0.25) is 11.8 Å². The number of fused-ring (bicyclic) bond motifs is 1. The highest BCUT2D eigenvalue weighted by Crippen LogP contribution is 2.20. The number of piperidine rings is 1. The van der Waals surface area contributed by atoms with E-state index in [1.54, 1.807) is 0 Å². The van der Waals surface area contributed by atoms with Crippen LogP contribution in [0.4, 0.5) is 0 Å². The highest BCUT2D eigenvalue weighted by atomic mass is 16.5. The van der Waals surface area contributed by atoms with Gasteiger partial charge in [0.15, 0.2) is 0 Å². The molecule has 2 fully saturated rings. The molecule has 3 N–H and O–H groups in total. The molecule has 0 saturated carbocycles. The molecule has 2 aliphatic rings. The fourth-order valence-corrected chi connectivity index (χ4v) is 4.63. The van der Waals surface area contributed by atoms with Crippen LogP contribution in [0.15, 0.2) is 30.5 Å². The molecule has 3 heterocycles. The Balaban J connectivity index is 1.33. The molecule has 4 rings (SSSR count). The Kier molecular flexibility index (Phi) is 6.69. The minimum atomic E-state index is -0.574. The summed E-state index contributed by atoms with van der Waals surface area (Å²) in [6.45, 7) is 6.31. The Morgan fingerprint density at radius 2 is 2.03 bits per heavy atom. The number of nitrogens with one attached hydrogen (secondary N) is 3. The van der Waals surface area contributed by atoms with E-state index in [0.29, 0.717) is 12.3 Å². The minimum Gasteiger partial charge on any atom is -0.381 e. The summed E-state index contributed by atoms with van der Waals surface area (Å²) < 4.78 is 5.48. The summed E-state index contributed by atoms with van der Waals surface area (Å²) in [4.78, 5) is 30.5. The Morgan fingerprint density at radius 1 is 1.23 bits per heavy atom. The van der Waals surface area contributed by atoms with E-state index in [-0.39, 0.29) is 17.9 Å². The van der Waals surface area contributed by atoms with Crippen LogP contribution in [0.25, 0.3) is 10.9 Å². The third kappa shape index (κ3) is 5.21. The van der Waals surface area contributed by atoms with Crippen LogP contribution >= 0.6 is 0 Å². The van der Waals surface area contributed by atoms with Crippen LogP contribution in [0.5, 0.6) is 0 Å². The average Bonchev–Trinajstić information content (AvgIpc) is 3.39. The second-order valence-corrected chi connectivity index (χ2v) is 8.63. The smallest absolute Gasteiger partial charge is 0.243 e. The number of amides is 2. The van der Waals surface area contributed by atoms with Crippen LogP contribution in [0, 0.1) is 5.92 Å². The second kappa shape index (κ2) is 9.62. The quantitative estimate of drug-likeness (QED) is 0.648. The van der Waals surface area contributed by atoms with Crippen LogP contribution in [0.1, 0.15) is 31.7 Å². The molecule has 2 saturated heterocycles. The molecule has 2 atom stereocenters. The molecule has 162 valence electrons. The Hall–Kier alpha value is -2.38. The largest absolute Gasteiger partial charge is 0.381 e. The van der Waals surface area contributed by atoms with Crippen LogP contribution in [-0.4, -0.2) is 66.6 Å². The molecular formula is C23H32N4O3. The fourth-order valence-electron chi connectivity index (χ4n) is 4.63. The Morgan fingerprint density at radius 3 is 2.77 bits per heavy atom.